The van der Waals surface area contributed by atoms with Gasteiger partial charge >= 0.3 is 0 Å². The minimum absolute atomic E-state index is 0.222. The molecule has 3 heteroatoms. The highest BCUT2D eigenvalue weighted by atomic mass is 28.3. The van der Waals surface area contributed by atoms with E-state index in [1.165, 1.54) is 5.56 Å². The van der Waals surface area contributed by atoms with Crippen molar-refractivity contribution in [3.63, 3.8) is 0 Å². The SMILES string of the molecule is C=C(C(=O)[Si](CCCC)(CCCC)CCCC)C(O)C=CCc1ccccc1. The van der Waals surface area contributed by atoms with Gasteiger partial charge in [-0.2, -0.15) is 0 Å². The van der Waals surface area contributed by atoms with Gasteiger partial charge in [0.2, 0.25) is 0 Å². The fraction of sp³-hybridized carbons (Fsp3) is 0.560. The predicted octanol–water partition coefficient (Wildman–Crippen LogP) is 6.66. The van der Waals surface area contributed by atoms with Gasteiger partial charge in [0.15, 0.2) is 0 Å². The molecule has 0 radical (unpaired) electrons. The topological polar surface area (TPSA) is 37.3 Å². The Hall–Kier alpha value is -1.45. The third-order valence-corrected chi connectivity index (χ3v) is 10.9. The van der Waals surface area contributed by atoms with Gasteiger partial charge in [-0.15, -0.1) is 0 Å². The summed E-state index contributed by atoms with van der Waals surface area (Å²) in [5.74, 6) is 0. The lowest BCUT2D eigenvalue weighted by atomic mass is 10.1. The third kappa shape index (κ3) is 7.88. The standard InChI is InChI=1S/C25H40O2Si/c1-5-8-19-28(20-9-6-2,21-10-7-3)25(27)22(4)24(26)18-14-17-23-15-12-11-13-16-23/h11-16,18,24,26H,4-10,17,19-21H2,1-3H3. The van der Waals surface area contributed by atoms with Crippen LogP contribution in [0.15, 0.2) is 54.6 Å². The van der Waals surface area contributed by atoms with Gasteiger partial charge in [0.1, 0.15) is 13.5 Å². The van der Waals surface area contributed by atoms with Crippen LogP contribution in [0.3, 0.4) is 0 Å². The van der Waals surface area contributed by atoms with E-state index in [0.29, 0.717) is 5.57 Å². The van der Waals surface area contributed by atoms with E-state index in [1.54, 1.807) is 6.08 Å². The molecule has 0 saturated carbocycles. The largest absolute Gasteiger partial charge is 0.384 e. The van der Waals surface area contributed by atoms with Crippen LogP contribution in [0.1, 0.15) is 64.9 Å². The molecule has 1 unspecified atom stereocenters. The van der Waals surface area contributed by atoms with Crippen LogP contribution in [0.2, 0.25) is 18.1 Å². The van der Waals surface area contributed by atoms with Crippen LogP contribution in [-0.2, 0) is 11.2 Å². The van der Waals surface area contributed by atoms with Gasteiger partial charge in [0.05, 0.1) is 6.10 Å². The van der Waals surface area contributed by atoms with Crippen LogP contribution in [0.4, 0.5) is 0 Å². The van der Waals surface area contributed by atoms with Crippen LogP contribution in [-0.4, -0.2) is 24.7 Å². The molecular weight excluding hydrogens is 360 g/mol. The van der Waals surface area contributed by atoms with Gasteiger partial charge in [0.25, 0.3) is 0 Å². The molecule has 0 aliphatic carbocycles. The highest BCUT2D eigenvalue weighted by Gasteiger charge is 2.41. The molecule has 0 fully saturated rings. The maximum atomic E-state index is 13.5. The highest BCUT2D eigenvalue weighted by Crippen LogP contribution is 2.32. The smallest absolute Gasteiger partial charge is 0.139 e. The lowest BCUT2D eigenvalue weighted by Crippen LogP contribution is -2.46. The molecule has 1 N–H and O–H groups in total. The van der Waals surface area contributed by atoms with Crippen molar-refractivity contribution in [2.24, 2.45) is 0 Å². The normalized spacial score (nSPS) is 13.0. The zero-order valence-corrected chi connectivity index (χ0v) is 19.3. The molecule has 0 aromatic heterocycles. The molecule has 0 aliphatic heterocycles. The fourth-order valence-corrected chi connectivity index (χ4v) is 9.15. The van der Waals surface area contributed by atoms with E-state index in [4.69, 9.17) is 0 Å². The van der Waals surface area contributed by atoms with Crippen molar-refractivity contribution >= 4 is 13.5 Å². The summed E-state index contributed by atoms with van der Waals surface area (Å²) < 4.78 is 0. The average Bonchev–Trinajstić information content (AvgIpc) is 2.73. The zero-order valence-electron chi connectivity index (χ0n) is 18.3. The van der Waals surface area contributed by atoms with Crippen molar-refractivity contribution in [2.75, 3.05) is 0 Å². The molecule has 1 aromatic rings. The van der Waals surface area contributed by atoms with Crippen LogP contribution in [0.5, 0.6) is 0 Å². The third-order valence-electron chi connectivity index (χ3n) is 5.67. The first-order valence-corrected chi connectivity index (χ1v) is 13.7. The summed E-state index contributed by atoms with van der Waals surface area (Å²) in [6, 6.07) is 13.3. The number of benzene rings is 1. The molecule has 156 valence electrons. The van der Waals surface area contributed by atoms with Crippen LogP contribution in [0, 0.1) is 0 Å². The number of hydrogen-bond acceptors (Lipinski definition) is 2. The van der Waals surface area contributed by atoms with Gasteiger partial charge in [-0.3, -0.25) is 0 Å². The Balaban J connectivity index is 2.88. The number of allylic oxidation sites excluding steroid dienone is 1. The molecule has 0 heterocycles. The summed E-state index contributed by atoms with van der Waals surface area (Å²) in [5.41, 5.74) is 1.61. The Bertz CT molecular complexity index is 584. The minimum atomic E-state index is -2.12. The number of carbonyl (C=O) groups excluding carboxylic acids is 1. The summed E-state index contributed by atoms with van der Waals surface area (Å²) in [5, 5.41) is 10.8. The maximum absolute atomic E-state index is 13.5. The van der Waals surface area contributed by atoms with Gasteiger partial charge < -0.3 is 9.90 Å². The van der Waals surface area contributed by atoms with E-state index < -0.39 is 14.2 Å². The first-order chi connectivity index (χ1) is 13.5. The second-order valence-electron chi connectivity index (χ2n) is 8.01. The molecule has 1 rings (SSSR count). The number of aliphatic hydroxyl groups excluding tert-OH is 1. The van der Waals surface area contributed by atoms with Crippen molar-refractivity contribution in [1.82, 2.24) is 0 Å². The lowest BCUT2D eigenvalue weighted by molar-refractivity contribution is -0.110. The molecule has 1 aromatic carbocycles. The molecule has 0 spiro atoms. The van der Waals surface area contributed by atoms with E-state index in [-0.39, 0.29) is 5.41 Å². The van der Waals surface area contributed by atoms with Crippen molar-refractivity contribution in [3.8, 4) is 0 Å². The first-order valence-electron chi connectivity index (χ1n) is 11.1. The van der Waals surface area contributed by atoms with Crippen LogP contribution < -0.4 is 0 Å². The summed E-state index contributed by atoms with van der Waals surface area (Å²) in [7, 11) is -2.12. The zero-order chi connectivity index (χ0) is 20.8. The monoisotopic (exact) mass is 400 g/mol. The minimum Gasteiger partial charge on any atom is -0.384 e. The molecule has 2 nitrogen and oxygen atoms in total. The van der Waals surface area contributed by atoms with Gasteiger partial charge in [-0.05, 0) is 12.0 Å². The summed E-state index contributed by atoms with van der Waals surface area (Å²) in [6.07, 6.45) is 10.3. The lowest BCUT2D eigenvalue weighted by Gasteiger charge is -2.32. The maximum Gasteiger partial charge on any atom is 0.139 e. The molecule has 0 saturated heterocycles. The average molecular weight is 401 g/mol. The number of unbranched alkanes of at least 4 members (excludes halogenated alkanes) is 3. The Labute approximate surface area is 173 Å². The second-order valence-corrected chi connectivity index (χ2v) is 12.5. The van der Waals surface area contributed by atoms with Crippen LogP contribution in [0.25, 0.3) is 0 Å². The molecule has 0 bridgehead atoms. The summed E-state index contributed by atoms with van der Waals surface area (Å²) >= 11 is 0. The summed E-state index contributed by atoms with van der Waals surface area (Å²) in [6.45, 7) is 10.6. The Kier molecular flexibility index (Phi) is 12.0. The van der Waals surface area contributed by atoms with E-state index in [9.17, 15) is 9.90 Å². The Morgan fingerprint density at radius 1 is 1.00 bits per heavy atom. The second kappa shape index (κ2) is 13.7. The molecule has 28 heavy (non-hydrogen) atoms. The molecular formula is C25H40O2Si. The van der Waals surface area contributed by atoms with Crippen molar-refractivity contribution < 1.29 is 9.90 Å². The van der Waals surface area contributed by atoms with Crippen molar-refractivity contribution in [1.29, 1.82) is 0 Å². The van der Waals surface area contributed by atoms with Crippen molar-refractivity contribution in [3.05, 3.63) is 60.2 Å². The Morgan fingerprint density at radius 2 is 1.50 bits per heavy atom. The number of rotatable bonds is 15. The summed E-state index contributed by atoms with van der Waals surface area (Å²) in [4.78, 5) is 13.5. The number of hydrogen-bond donors (Lipinski definition) is 1. The molecule has 0 aliphatic rings. The molecule has 1 atom stereocenters. The van der Waals surface area contributed by atoms with E-state index in [0.717, 1.165) is 63.1 Å². The van der Waals surface area contributed by atoms with Crippen LogP contribution >= 0.6 is 0 Å². The van der Waals surface area contributed by atoms with Gasteiger partial charge in [0, 0.05) is 5.57 Å². The van der Waals surface area contributed by atoms with Gasteiger partial charge in [-0.1, -0.05) is 126 Å². The quantitative estimate of drug-likeness (QED) is 0.203. The van der Waals surface area contributed by atoms with Crippen molar-refractivity contribution in [2.45, 2.75) is 90.0 Å². The Morgan fingerprint density at radius 3 is 1.96 bits per heavy atom. The first kappa shape index (κ1) is 24.6. The van der Waals surface area contributed by atoms with Gasteiger partial charge in [-0.25, -0.2) is 0 Å². The number of aliphatic hydroxyl groups is 1. The fourth-order valence-electron chi connectivity index (χ4n) is 3.80. The van der Waals surface area contributed by atoms with E-state index >= 15 is 0 Å². The molecule has 0 amide bonds. The van der Waals surface area contributed by atoms with E-state index in [2.05, 4.69) is 39.5 Å². The predicted molar refractivity (Wildman–Crippen MR) is 124 cm³/mol. The van der Waals surface area contributed by atoms with E-state index in [1.807, 2.05) is 24.3 Å². The number of carbonyl (C=O) groups is 1. The highest BCUT2D eigenvalue weighted by molar-refractivity contribution is 7.08.